The maximum Gasteiger partial charge on any atom is 0.321 e. The molecule has 3 rings (SSSR count). The maximum absolute atomic E-state index is 12.4. The van der Waals surface area contributed by atoms with Crippen LogP contribution in [0.5, 0.6) is 0 Å². The molecule has 1 aromatic heterocycles. The Bertz CT molecular complexity index is 696. The molecule has 122 valence electrons. The number of aliphatic hydroxyl groups excluding tert-OH is 1. The fourth-order valence-corrected chi connectivity index (χ4v) is 3.00. The van der Waals surface area contributed by atoms with Gasteiger partial charge in [0.2, 0.25) is 0 Å². The van der Waals surface area contributed by atoms with Gasteiger partial charge in [-0.2, -0.15) is 5.10 Å². The lowest BCUT2D eigenvalue weighted by atomic mass is 10.1. The molecule has 1 aromatic carbocycles. The quantitative estimate of drug-likeness (QED) is 0.913. The van der Waals surface area contributed by atoms with Gasteiger partial charge in [0.1, 0.15) is 0 Å². The molecular formula is C17H22N4O2. The van der Waals surface area contributed by atoms with E-state index in [9.17, 15) is 9.90 Å². The van der Waals surface area contributed by atoms with Crippen LogP contribution in [-0.2, 0) is 0 Å². The Morgan fingerprint density at radius 3 is 2.74 bits per heavy atom. The van der Waals surface area contributed by atoms with Crippen LogP contribution < -0.4 is 5.32 Å². The first-order valence-corrected chi connectivity index (χ1v) is 7.88. The van der Waals surface area contributed by atoms with Crippen LogP contribution >= 0.6 is 0 Å². The van der Waals surface area contributed by atoms with E-state index >= 15 is 0 Å². The summed E-state index contributed by atoms with van der Waals surface area (Å²) in [4.78, 5) is 14.2. The van der Waals surface area contributed by atoms with E-state index in [1.54, 1.807) is 4.90 Å². The van der Waals surface area contributed by atoms with Crippen molar-refractivity contribution in [3.05, 3.63) is 41.7 Å². The fraction of sp³-hybridized carbons (Fsp3) is 0.412. The van der Waals surface area contributed by atoms with E-state index in [1.807, 2.05) is 48.9 Å². The number of likely N-dealkylation sites (tertiary alicyclic amines) is 1. The molecule has 1 aliphatic heterocycles. The second-order valence-corrected chi connectivity index (χ2v) is 6.01. The molecule has 2 amide bonds. The van der Waals surface area contributed by atoms with Crippen molar-refractivity contribution in [2.75, 3.05) is 25.0 Å². The van der Waals surface area contributed by atoms with Gasteiger partial charge < -0.3 is 15.3 Å². The van der Waals surface area contributed by atoms with E-state index in [-0.39, 0.29) is 18.6 Å². The number of benzene rings is 1. The molecule has 6 heteroatoms. The third kappa shape index (κ3) is 3.07. The highest BCUT2D eigenvalue weighted by Crippen LogP contribution is 2.24. The van der Waals surface area contributed by atoms with Gasteiger partial charge >= 0.3 is 6.03 Å². The van der Waals surface area contributed by atoms with Gasteiger partial charge in [-0.1, -0.05) is 18.2 Å². The minimum absolute atomic E-state index is 0.125. The van der Waals surface area contributed by atoms with Gasteiger partial charge in [-0.15, -0.1) is 0 Å². The average Bonchev–Trinajstić information content (AvgIpc) is 3.16. The number of aromatic nitrogens is 2. The zero-order valence-electron chi connectivity index (χ0n) is 13.5. The van der Waals surface area contributed by atoms with Gasteiger partial charge in [0, 0.05) is 25.6 Å². The van der Waals surface area contributed by atoms with Crippen molar-refractivity contribution in [3.63, 3.8) is 0 Å². The number of amides is 2. The van der Waals surface area contributed by atoms with Crippen LogP contribution in [0.15, 0.2) is 30.3 Å². The summed E-state index contributed by atoms with van der Waals surface area (Å²) in [6.07, 6.45) is 0.852. The normalized spacial score (nSPS) is 17.5. The molecule has 1 aliphatic rings. The number of rotatable bonds is 3. The van der Waals surface area contributed by atoms with Crippen molar-refractivity contribution in [1.29, 1.82) is 0 Å². The summed E-state index contributed by atoms with van der Waals surface area (Å²) in [5.41, 5.74) is 3.42. The van der Waals surface area contributed by atoms with Crippen molar-refractivity contribution < 1.29 is 9.90 Å². The monoisotopic (exact) mass is 314 g/mol. The number of anilines is 1. The lowest BCUT2D eigenvalue weighted by Gasteiger charge is -2.17. The molecule has 0 bridgehead atoms. The molecule has 0 aliphatic carbocycles. The number of para-hydroxylation sites is 1. The van der Waals surface area contributed by atoms with Crippen molar-refractivity contribution in [3.8, 4) is 5.69 Å². The van der Waals surface area contributed by atoms with Gasteiger partial charge in [-0.25, -0.2) is 9.48 Å². The third-order valence-electron chi connectivity index (χ3n) is 4.36. The minimum Gasteiger partial charge on any atom is -0.396 e. The van der Waals surface area contributed by atoms with Gasteiger partial charge in [-0.05, 0) is 32.4 Å². The predicted octanol–water partition coefficient (Wildman–Crippen LogP) is 2.34. The summed E-state index contributed by atoms with van der Waals surface area (Å²) >= 11 is 0. The first kappa shape index (κ1) is 15.6. The smallest absolute Gasteiger partial charge is 0.321 e. The van der Waals surface area contributed by atoms with Crippen LogP contribution in [0.2, 0.25) is 0 Å². The van der Waals surface area contributed by atoms with Crippen LogP contribution in [-0.4, -0.2) is 45.5 Å². The summed E-state index contributed by atoms with van der Waals surface area (Å²) in [5, 5.41) is 16.7. The highest BCUT2D eigenvalue weighted by Gasteiger charge is 2.26. The van der Waals surface area contributed by atoms with Gasteiger partial charge in [0.15, 0.2) is 0 Å². The van der Waals surface area contributed by atoms with Crippen LogP contribution in [0.3, 0.4) is 0 Å². The predicted molar refractivity (Wildman–Crippen MR) is 88.8 cm³/mol. The van der Waals surface area contributed by atoms with Crippen molar-refractivity contribution >= 4 is 11.7 Å². The Morgan fingerprint density at radius 2 is 2.09 bits per heavy atom. The summed E-state index contributed by atoms with van der Waals surface area (Å²) in [6.45, 7) is 5.26. The zero-order chi connectivity index (χ0) is 16.4. The lowest BCUT2D eigenvalue weighted by Crippen LogP contribution is -2.33. The van der Waals surface area contributed by atoms with Gasteiger partial charge in [0.25, 0.3) is 0 Å². The van der Waals surface area contributed by atoms with Gasteiger partial charge in [0.05, 0.1) is 22.8 Å². The zero-order valence-corrected chi connectivity index (χ0v) is 13.5. The molecule has 1 saturated heterocycles. The first-order valence-electron chi connectivity index (χ1n) is 7.88. The molecule has 2 N–H and O–H groups in total. The van der Waals surface area contributed by atoms with E-state index in [0.29, 0.717) is 13.1 Å². The second-order valence-electron chi connectivity index (χ2n) is 6.01. The number of hydrogen-bond donors (Lipinski definition) is 2. The Kier molecular flexibility index (Phi) is 4.34. The van der Waals surface area contributed by atoms with Crippen molar-refractivity contribution in [2.45, 2.75) is 20.3 Å². The lowest BCUT2D eigenvalue weighted by molar-refractivity contribution is 0.208. The molecule has 1 atom stereocenters. The second kappa shape index (κ2) is 6.42. The van der Waals surface area contributed by atoms with Crippen LogP contribution in [0, 0.1) is 19.8 Å². The Hall–Kier alpha value is -2.34. The topological polar surface area (TPSA) is 70.4 Å². The molecule has 23 heavy (non-hydrogen) atoms. The molecule has 1 unspecified atom stereocenters. The SMILES string of the molecule is Cc1nn(-c2ccccc2)c(C)c1NC(=O)N1CCC(CO)C1. The number of aryl methyl sites for hydroxylation is 1. The van der Waals surface area contributed by atoms with Crippen LogP contribution in [0.25, 0.3) is 5.69 Å². The van der Waals surface area contributed by atoms with Crippen molar-refractivity contribution in [2.24, 2.45) is 5.92 Å². The largest absolute Gasteiger partial charge is 0.396 e. The van der Waals surface area contributed by atoms with Crippen LogP contribution in [0.4, 0.5) is 10.5 Å². The van der Waals surface area contributed by atoms with E-state index in [1.165, 1.54) is 0 Å². The van der Waals surface area contributed by atoms with E-state index in [2.05, 4.69) is 10.4 Å². The third-order valence-corrected chi connectivity index (χ3v) is 4.36. The summed E-state index contributed by atoms with van der Waals surface area (Å²) in [5.74, 6) is 0.190. The molecule has 2 heterocycles. The fourth-order valence-electron chi connectivity index (χ4n) is 3.00. The molecule has 6 nitrogen and oxygen atoms in total. The molecule has 1 fully saturated rings. The highest BCUT2D eigenvalue weighted by molar-refractivity contribution is 5.90. The average molecular weight is 314 g/mol. The van der Waals surface area contributed by atoms with Gasteiger partial charge in [-0.3, -0.25) is 0 Å². The minimum atomic E-state index is -0.125. The molecule has 0 spiro atoms. The molecular weight excluding hydrogens is 292 g/mol. The van der Waals surface area contributed by atoms with E-state index in [0.717, 1.165) is 29.2 Å². The number of carbonyl (C=O) groups excluding carboxylic acids is 1. The summed E-state index contributed by atoms with van der Waals surface area (Å²) < 4.78 is 1.84. The Morgan fingerprint density at radius 1 is 1.35 bits per heavy atom. The maximum atomic E-state index is 12.4. The molecule has 0 saturated carbocycles. The van der Waals surface area contributed by atoms with E-state index in [4.69, 9.17) is 0 Å². The number of carbonyl (C=O) groups is 1. The first-order chi connectivity index (χ1) is 11.1. The van der Waals surface area contributed by atoms with E-state index < -0.39 is 0 Å². The van der Waals surface area contributed by atoms with Crippen molar-refractivity contribution in [1.82, 2.24) is 14.7 Å². The molecule has 2 aromatic rings. The number of nitrogens with zero attached hydrogens (tertiary/aromatic N) is 3. The molecule has 0 radical (unpaired) electrons. The Labute approximate surface area is 135 Å². The number of nitrogens with one attached hydrogen (secondary N) is 1. The highest BCUT2D eigenvalue weighted by atomic mass is 16.3. The number of hydrogen-bond acceptors (Lipinski definition) is 3. The summed E-state index contributed by atoms with van der Waals surface area (Å²) in [7, 11) is 0. The number of aliphatic hydroxyl groups is 1. The van der Waals surface area contributed by atoms with Crippen LogP contribution in [0.1, 0.15) is 17.8 Å². The Balaban J connectivity index is 1.79. The number of urea groups is 1. The summed E-state index contributed by atoms with van der Waals surface area (Å²) in [6, 6.07) is 9.73. The standard InChI is InChI=1S/C17H22N4O2/c1-12-16(18-17(23)20-9-8-14(10-20)11-22)13(2)21(19-12)15-6-4-3-5-7-15/h3-7,14,22H,8-11H2,1-2H3,(H,18,23).